The number of nitrogens with one attached hydrogen (secondary N) is 2. The Balaban J connectivity index is 1.84. The van der Waals surface area contributed by atoms with Gasteiger partial charge in [0.2, 0.25) is 5.91 Å². The van der Waals surface area contributed by atoms with Crippen molar-refractivity contribution < 1.29 is 14.3 Å². The first kappa shape index (κ1) is 15.4. The zero-order valence-corrected chi connectivity index (χ0v) is 12.7. The molecule has 2 rings (SSSR count). The van der Waals surface area contributed by atoms with Crippen LogP contribution >= 0.6 is 0 Å². The van der Waals surface area contributed by atoms with Crippen LogP contribution in [0.1, 0.15) is 37.3 Å². The van der Waals surface area contributed by atoms with Crippen LogP contribution in [-0.4, -0.2) is 17.9 Å². The summed E-state index contributed by atoms with van der Waals surface area (Å²) in [5, 5.41) is 0. The number of hydrogen-bond acceptors (Lipinski definition) is 3. The summed E-state index contributed by atoms with van der Waals surface area (Å²) >= 11 is 0. The van der Waals surface area contributed by atoms with Gasteiger partial charge >= 0.3 is 0 Å². The van der Waals surface area contributed by atoms with Crippen LogP contribution in [0.5, 0.6) is 5.75 Å². The van der Waals surface area contributed by atoms with Crippen LogP contribution in [-0.2, 0) is 9.59 Å². The Labute approximate surface area is 125 Å². The molecule has 5 nitrogen and oxygen atoms in total. The summed E-state index contributed by atoms with van der Waals surface area (Å²) in [5.74, 6) is 0.251. The summed E-state index contributed by atoms with van der Waals surface area (Å²) in [6.07, 6.45) is 2.21. The van der Waals surface area contributed by atoms with E-state index in [0.717, 1.165) is 30.4 Å². The predicted octanol–water partition coefficient (Wildman–Crippen LogP) is 2.02. The summed E-state index contributed by atoms with van der Waals surface area (Å²) < 4.78 is 5.66. The third kappa shape index (κ3) is 3.74. The molecule has 114 valence electrons. The van der Waals surface area contributed by atoms with Crippen LogP contribution in [0.2, 0.25) is 0 Å². The van der Waals surface area contributed by atoms with E-state index in [1.165, 1.54) is 0 Å². The van der Waals surface area contributed by atoms with Crippen molar-refractivity contribution in [3.05, 3.63) is 29.3 Å². The van der Waals surface area contributed by atoms with Gasteiger partial charge in [-0.05, 0) is 50.8 Å². The second-order valence-electron chi connectivity index (χ2n) is 5.56. The zero-order chi connectivity index (χ0) is 15.4. The van der Waals surface area contributed by atoms with E-state index in [-0.39, 0.29) is 17.7 Å². The molecule has 1 aromatic carbocycles. The van der Waals surface area contributed by atoms with Crippen molar-refractivity contribution in [2.24, 2.45) is 5.92 Å². The maximum atomic E-state index is 11.9. The first-order valence-electron chi connectivity index (χ1n) is 7.31. The summed E-state index contributed by atoms with van der Waals surface area (Å²) in [4.78, 5) is 23.6. The third-order valence-electron chi connectivity index (χ3n) is 4.01. The number of benzene rings is 1. The van der Waals surface area contributed by atoms with Crippen molar-refractivity contribution in [3.63, 3.8) is 0 Å². The molecule has 0 heterocycles. The summed E-state index contributed by atoms with van der Waals surface area (Å²) in [5.41, 5.74) is 7.00. The lowest BCUT2D eigenvalue weighted by Crippen LogP contribution is -2.49. The topological polar surface area (TPSA) is 67.4 Å². The maximum Gasteiger partial charge on any atom is 0.279 e. The average molecular weight is 290 g/mol. The van der Waals surface area contributed by atoms with Gasteiger partial charge in [-0.25, -0.2) is 0 Å². The first-order chi connectivity index (χ1) is 9.99. The van der Waals surface area contributed by atoms with Crippen LogP contribution in [0.4, 0.5) is 0 Å². The molecule has 0 spiro atoms. The molecule has 1 saturated carbocycles. The fraction of sp³-hybridized carbons (Fsp3) is 0.500. The summed E-state index contributed by atoms with van der Waals surface area (Å²) in [6.45, 7) is 5.60. The molecular formula is C16H22N2O3. The van der Waals surface area contributed by atoms with Crippen molar-refractivity contribution in [3.8, 4) is 5.75 Å². The van der Waals surface area contributed by atoms with E-state index in [2.05, 4.69) is 10.9 Å². The Morgan fingerprint density at radius 3 is 2.57 bits per heavy atom. The van der Waals surface area contributed by atoms with Gasteiger partial charge in [0.15, 0.2) is 6.10 Å². The fourth-order valence-electron chi connectivity index (χ4n) is 2.09. The van der Waals surface area contributed by atoms with E-state index >= 15 is 0 Å². The molecule has 2 N–H and O–H groups in total. The average Bonchev–Trinajstić information content (AvgIpc) is 2.39. The lowest BCUT2D eigenvalue weighted by atomic mass is 9.85. The van der Waals surface area contributed by atoms with Crippen molar-refractivity contribution in [1.29, 1.82) is 0 Å². The van der Waals surface area contributed by atoms with Crippen LogP contribution < -0.4 is 15.6 Å². The summed E-state index contributed by atoms with van der Waals surface area (Å²) in [7, 11) is 0. The highest BCUT2D eigenvalue weighted by molar-refractivity contribution is 5.85. The molecule has 2 amide bonds. The Hall–Kier alpha value is -2.04. The quantitative estimate of drug-likeness (QED) is 0.834. The minimum atomic E-state index is -0.674. The molecule has 1 aliphatic carbocycles. The number of hydrazine groups is 1. The Morgan fingerprint density at radius 1 is 1.24 bits per heavy atom. The molecule has 0 saturated heterocycles. The molecule has 1 unspecified atom stereocenters. The maximum absolute atomic E-state index is 11.9. The van der Waals surface area contributed by atoms with Gasteiger partial charge in [-0.1, -0.05) is 18.6 Å². The van der Waals surface area contributed by atoms with Gasteiger partial charge in [0, 0.05) is 5.92 Å². The number of amides is 2. The van der Waals surface area contributed by atoms with E-state index in [0.29, 0.717) is 5.75 Å². The highest BCUT2D eigenvalue weighted by atomic mass is 16.5. The monoisotopic (exact) mass is 290 g/mol. The number of carbonyl (C=O) groups is 2. The molecule has 1 fully saturated rings. The van der Waals surface area contributed by atoms with Gasteiger partial charge in [0.1, 0.15) is 5.75 Å². The molecule has 1 aliphatic rings. The van der Waals surface area contributed by atoms with E-state index in [1.807, 2.05) is 32.0 Å². The molecule has 0 bridgehead atoms. The second kappa shape index (κ2) is 6.61. The molecule has 1 aromatic rings. The van der Waals surface area contributed by atoms with Gasteiger partial charge in [-0.15, -0.1) is 0 Å². The minimum absolute atomic E-state index is 0.0422. The van der Waals surface area contributed by atoms with E-state index < -0.39 is 6.10 Å². The Kier molecular flexibility index (Phi) is 4.83. The normalized spacial score (nSPS) is 15.8. The van der Waals surface area contributed by atoms with Crippen molar-refractivity contribution in [2.45, 2.75) is 46.1 Å². The number of aryl methyl sites for hydroxylation is 1. The lowest BCUT2D eigenvalue weighted by molar-refractivity contribution is -0.135. The van der Waals surface area contributed by atoms with E-state index in [1.54, 1.807) is 6.92 Å². The zero-order valence-electron chi connectivity index (χ0n) is 12.7. The molecule has 21 heavy (non-hydrogen) atoms. The second-order valence-corrected chi connectivity index (χ2v) is 5.56. The highest BCUT2D eigenvalue weighted by Gasteiger charge is 2.26. The van der Waals surface area contributed by atoms with Crippen molar-refractivity contribution in [2.75, 3.05) is 0 Å². The van der Waals surface area contributed by atoms with Gasteiger partial charge in [0.05, 0.1) is 0 Å². The van der Waals surface area contributed by atoms with Gasteiger partial charge in [-0.2, -0.15) is 0 Å². The molecule has 5 heteroatoms. The van der Waals surface area contributed by atoms with Crippen molar-refractivity contribution in [1.82, 2.24) is 10.9 Å². The Bertz CT molecular complexity index is 538. The fourth-order valence-corrected chi connectivity index (χ4v) is 2.09. The smallest absolute Gasteiger partial charge is 0.279 e. The van der Waals surface area contributed by atoms with Gasteiger partial charge < -0.3 is 4.74 Å². The molecule has 0 aliphatic heterocycles. The molecule has 1 atom stereocenters. The highest BCUT2D eigenvalue weighted by Crippen LogP contribution is 2.26. The number of ether oxygens (including phenoxy) is 1. The molecule has 0 aromatic heterocycles. The van der Waals surface area contributed by atoms with Crippen LogP contribution in [0.15, 0.2) is 18.2 Å². The predicted molar refractivity (Wildman–Crippen MR) is 79.6 cm³/mol. The largest absolute Gasteiger partial charge is 0.481 e. The first-order valence-corrected chi connectivity index (χ1v) is 7.31. The number of hydrogen-bond donors (Lipinski definition) is 2. The Morgan fingerprint density at radius 2 is 1.95 bits per heavy atom. The summed E-state index contributed by atoms with van der Waals surface area (Å²) in [6, 6.07) is 5.71. The van der Waals surface area contributed by atoms with Crippen molar-refractivity contribution >= 4 is 11.8 Å². The standard InChI is InChI=1S/C16H22N2O3/c1-10-6-4-9-14(11(10)2)21-12(3)15(19)17-18-16(20)13-7-5-8-13/h4,6,9,12-13H,5,7-8H2,1-3H3,(H,17,19)(H,18,20). The van der Waals surface area contributed by atoms with Crippen LogP contribution in [0, 0.1) is 19.8 Å². The van der Waals surface area contributed by atoms with Gasteiger partial charge in [-0.3, -0.25) is 20.4 Å². The van der Waals surface area contributed by atoms with E-state index in [4.69, 9.17) is 4.74 Å². The van der Waals surface area contributed by atoms with Gasteiger partial charge in [0.25, 0.3) is 5.91 Å². The molecular weight excluding hydrogens is 268 g/mol. The number of carbonyl (C=O) groups excluding carboxylic acids is 2. The minimum Gasteiger partial charge on any atom is -0.481 e. The van der Waals surface area contributed by atoms with Crippen LogP contribution in [0.3, 0.4) is 0 Å². The third-order valence-corrected chi connectivity index (χ3v) is 4.01. The van der Waals surface area contributed by atoms with E-state index in [9.17, 15) is 9.59 Å². The SMILES string of the molecule is Cc1cccc(OC(C)C(=O)NNC(=O)C2CCC2)c1C. The lowest BCUT2D eigenvalue weighted by Gasteiger charge is -2.24. The number of rotatable bonds is 4. The van der Waals surface area contributed by atoms with Crippen LogP contribution in [0.25, 0.3) is 0 Å². The molecule has 0 radical (unpaired) electrons.